The van der Waals surface area contributed by atoms with Gasteiger partial charge in [-0.05, 0) is 68.5 Å². The van der Waals surface area contributed by atoms with Crippen molar-refractivity contribution in [2.45, 2.75) is 39.2 Å². The molecule has 0 unspecified atom stereocenters. The molecule has 3 N–H and O–H groups in total. The molecule has 0 saturated carbocycles. The first-order valence-corrected chi connectivity index (χ1v) is 13.4. The molecule has 206 valence electrons. The molecule has 3 amide bonds. The van der Waals surface area contributed by atoms with Crippen LogP contribution < -0.4 is 10.6 Å². The number of anilines is 1. The Morgan fingerprint density at radius 1 is 1.02 bits per heavy atom. The minimum atomic E-state index is -0.984. The lowest BCUT2D eigenvalue weighted by atomic mass is 10.0. The maximum Gasteiger partial charge on any atom is 0.333 e. The van der Waals surface area contributed by atoms with Gasteiger partial charge in [0.15, 0.2) is 6.04 Å². The second kappa shape index (κ2) is 11.2. The van der Waals surface area contributed by atoms with Crippen molar-refractivity contribution in [2.24, 2.45) is 0 Å². The highest BCUT2D eigenvalue weighted by molar-refractivity contribution is 6.35. The molecule has 3 heterocycles. The summed E-state index contributed by atoms with van der Waals surface area (Å²) < 4.78 is 4.91. The number of hydrogen-bond acceptors (Lipinski definition) is 5. The summed E-state index contributed by atoms with van der Waals surface area (Å²) in [6, 6.07) is 12.7. The Kier molecular flexibility index (Phi) is 7.55. The lowest BCUT2D eigenvalue weighted by molar-refractivity contribution is -0.143. The highest BCUT2D eigenvalue weighted by Crippen LogP contribution is 2.35. The largest absolute Gasteiger partial charge is 0.467 e. The first-order chi connectivity index (χ1) is 19.3. The van der Waals surface area contributed by atoms with E-state index in [4.69, 9.17) is 4.74 Å². The summed E-state index contributed by atoms with van der Waals surface area (Å²) in [5, 5.41) is 5.59. The zero-order chi connectivity index (χ0) is 28.4. The average Bonchev–Trinajstić information content (AvgIpc) is 3.44. The number of amides is 3. The summed E-state index contributed by atoms with van der Waals surface area (Å²) >= 11 is 0. The minimum absolute atomic E-state index is 0.00408. The van der Waals surface area contributed by atoms with Crippen LogP contribution in [-0.2, 0) is 14.3 Å². The van der Waals surface area contributed by atoms with Gasteiger partial charge in [0, 0.05) is 41.3 Å². The lowest BCUT2D eigenvalue weighted by Crippen LogP contribution is -2.36. The Bertz CT molecular complexity index is 1520. The predicted octanol–water partition coefficient (Wildman–Crippen LogP) is 4.39. The lowest BCUT2D eigenvalue weighted by Gasteiger charge is -2.27. The molecule has 1 saturated heterocycles. The second-order valence-corrected chi connectivity index (χ2v) is 10.1. The number of ether oxygens (including phenoxy) is 1. The van der Waals surface area contributed by atoms with Gasteiger partial charge in [-0.2, -0.15) is 0 Å². The standard InChI is InChI=1S/C31H32N4O5/c1-18-25(32-19(2)26(18)30(38)35-14-8-5-9-15-35)17-23-22-16-21(12-13-24(22)33-29(23)37)28(36)34-27(31(39)40-3)20-10-6-4-7-11-20/h4,6-7,10-13,16-17,27,32H,5,8-9,14-15H2,1-3H3,(H,33,37)(H,34,36)/b23-17-/t27-/m0/s1. The van der Waals surface area contributed by atoms with E-state index in [2.05, 4.69) is 15.6 Å². The molecule has 40 heavy (non-hydrogen) atoms. The van der Waals surface area contributed by atoms with Crippen molar-refractivity contribution >= 4 is 41.0 Å². The average molecular weight is 541 g/mol. The number of carbonyl (C=O) groups is 4. The Morgan fingerprint density at radius 3 is 2.45 bits per heavy atom. The van der Waals surface area contributed by atoms with Gasteiger partial charge in [0.1, 0.15) is 0 Å². The second-order valence-electron chi connectivity index (χ2n) is 10.1. The molecule has 9 nitrogen and oxygen atoms in total. The summed E-state index contributed by atoms with van der Waals surface area (Å²) in [4.78, 5) is 57.1. The molecule has 2 aromatic carbocycles. The van der Waals surface area contributed by atoms with Gasteiger partial charge in [-0.25, -0.2) is 4.79 Å². The van der Waals surface area contributed by atoms with Crippen LogP contribution in [0.25, 0.3) is 11.6 Å². The van der Waals surface area contributed by atoms with Gasteiger partial charge in [0.05, 0.1) is 18.2 Å². The Hall–Kier alpha value is -4.66. The number of rotatable bonds is 6. The van der Waals surface area contributed by atoms with Crippen LogP contribution in [0.3, 0.4) is 0 Å². The third kappa shape index (κ3) is 5.14. The van der Waals surface area contributed by atoms with E-state index >= 15 is 0 Å². The van der Waals surface area contributed by atoms with E-state index in [9.17, 15) is 19.2 Å². The molecule has 0 spiro atoms. The zero-order valence-electron chi connectivity index (χ0n) is 22.8. The fourth-order valence-corrected chi connectivity index (χ4v) is 5.37. The number of aryl methyl sites for hydroxylation is 1. The van der Waals surface area contributed by atoms with Gasteiger partial charge < -0.3 is 25.3 Å². The third-order valence-electron chi connectivity index (χ3n) is 7.53. The van der Waals surface area contributed by atoms with Crippen molar-refractivity contribution in [3.05, 3.63) is 87.7 Å². The van der Waals surface area contributed by atoms with Gasteiger partial charge >= 0.3 is 5.97 Å². The molecule has 1 aromatic heterocycles. The molecule has 0 bridgehead atoms. The number of nitrogens with one attached hydrogen (secondary N) is 3. The first-order valence-electron chi connectivity index (χ1n) is 13.4. The van der Waals surface area contributed by atoms with Crippen molar-refractivity contribution in [1.82, 2.24) is 15.2 Å². The molecular formula is C31H32N4O5. The van der Waals surface area contributed by atoms with E-state index in [0.717, 1.165) is 43.6 Å². The Morgan fingerprint density at radius 2 is 1.75 bits per heavy atom. The fraction of sp³-hybridized carbons (Fsp3) is 0.290. The molecule has 2 aliphatic rings. The number of methoxy groups -OCH3 is 1. The minimum Gasteiger partial charge on any atom is -0.467 e. The van der Waals surface area contributed by atoms with Crippen LogP contribution in [0.5, 0.6) is 0 Å². The highest BCUT2D eigenvalue weighted by atomic mass is 16.5. The number of hydrogen-bond donors (Lipinski definition) is 3. The summed E-state index contributed by atoms with van der Waals surface area (Å²) in [7, 11) is 1.27. The molecule has 1 atom stereocenters. The number of fused-ring (bicyclic) bond motifs is 1. The van der Waals surface area contributed by atoms with E-state index in [1.165, 1.54) is 7.11 Å². The van der Waals surface area contributed by atoms with Gasteiger partial charge in [-0.1, -0.05) is 30.3 Å². The smallest absolute Gasteiger partial charge is 0.333 e. The molecular weight excluding hydrogens is 508 g/mol. The van der Waals surface area contributed by atoms with Crippen molar-refractivity contribution in [2.75, 3.05) is 25.5 Å². The normalized spacial score (nSPS) is 16.3. The molecule has 9 heteroatoms. The topological polar surface area (TPSA) is 121 Å². The maximum absolute atomic E-state index is 13.3. The van der Waals surface area contributed by atoms with Crippen molar-refractivity contribution < 1.29 is 23.9 Å². The molecule has 0 radical (unpaired) electrons. The number of likely N-dealkylation sites (tertiary alicyclic amines) is 1. The monoisotopic (exact) mass is 540 g/mol. The van der Waals surface area contributed by atoms with E-state index in [0.29, 0.717) is 33.6 Å². The number of aromatic amines is 1. The van der Waals surface area contributed by atoms with Crippen LogP contribution in [-0.4, -0.2) is 53.8 Å². The summed E-state index contributed by atoms with van der Waals surface area (Å²) in [5.41, 5.74) is 5.21. The number of nitrogens with zero attached hydrogens (tertiary/aromatic N) is 1. The van der Waals surface area contributed by atoms with Crippen LogP contribution >= 0.6 is 0 Å². The van der Waals surface area contributed by atoms with Crippen LogP contribution in [0, 0.1) is 13.8 Å². The van der Waals surface area contributed by atoms with Crippen molar-refractivity contribution in [3.63, 3.8) is 0 Å². The van der Waals surface area contributed by atoms with E-state index in [-0.39, 0.29) is 17.4 Å². The van der Waals surface area contributed by atoms with Crippen LogP contribution in [0.4, 0.5) is 5.69 Å². The predicted molar refractivity (Wildman–Crippen MR) is 152 cm³/mol. The quantitative estimate of drug-likeness (QED) is 0.316. The highest BCUT2D eigenvalue weighted by Gasteiger charge is 2.29. The van der Waals surface area contributed by atoms with Crippen LogP contribution in [0.2, 0.25) is 0 Å². The summed E-state index contributed by atoms with van der Waals surface area (Å²) in [6.45, 7) is 5.24. The number of H-pyrrole nitrogens is 1. The molecule has 2 aliphatic heterocycles. The van der Waals surface area contributed by atoms with Crippen LogP contribution in [0.15, 0.2) is 48.5 Å². The van der Waals surface area contributed by atoms with Gasteiger partial charge in [0.2, 0.25) is 0 Å². The maximum atomic E-state index is 13.3. The molecule has 5 rings (SSSR count). The summed E-state index contributed by atoms with van der Waals surface area (Å²) in [6.07, 6.45) is 4.86. The number of aromatic nitrogens is 1. The SMILES string of the molecule is COC(=O)[C@@H](NC(=O)c1ccc2c(c1)/C(=C/c1[nH]c(C)c(C(=O)N3CCCCC3)c1C)C(=O)N2)c1ccccc1. The molecule has 0 aliphatic carbocycles. The molecule has 3 aromatic rings. The Balaban J connectivity index is 1.44. The van der Waals surface area contributed by atoms with Crippen LogP contribution in [0.1, 0.15) is 74.1 Å². The molecule has 1 fully saturated rings. The summed E-state index contributed by atoms with van der Waals surface area (Å²) in [5.74, 6) is -1.38. The third-order valence-corrected chi connectivity index (χ3v) is 7.53. The number of piperidine rings is 1. The van der Waals surface area contributed by atoms with E-state index in [1.807, 2.05) is 24.8 Å². The van der Waals surface area contributed by atoms with Gasteiger partial charge in [-0.15, -0.1) is 0 Å². The van der Waals surface area contributed by atoms with Gasteiger partial charge in [0.25, 0.3) is 17.7 Å². The van der Waals surface area contributed by atoms with E-state index in [1.54, 1.807) is 48.5 Å². The van der Waals surface area contributed by atoms with Crippen molar-refractivity contribution in [3.8, 4) is 0 Å². The van der Waals surface area contributed by atoms with E-state index < -0.39 is 17.9 Å². The first kappa shape index (κ1) is 26.9. The fourth-order valence-electron chi connectivity index (χ4n) is 5.37. The zero-order valence-corrected chi connectivity index (χ0v) is 22.8. The van der Waals surface area contributed by atoms with Crippen molar-refractivity contribution in [1.29, 1.82) is 0 Å². The Labute approximate surface area is 232 Å². The number of carbonyl (C=O) groups excluding carboxylic acids is 4. The van der Waals surface area contributed by atoms with Gasteiger partial charge in [-0.3, -0.25) is 14.4 Å². The number of esters is 1. The number of benzene rings is 2.